The number of likely N-dealkylation sites (tertiary alicyclic amines) is 1. The maximum absolute atomic E-state index is 12.4. The Hall–Kier alpha value is -4.05. The number of rotatable bonds is 6. The third-order valence-corrected chi connectivity index (χ3v) is 5.10. The standard InChI is InChI=1S/C21H25N9O4/c1-20(2,3)34-19(32)28-12-21(13-28,11-22-4)29-9-14(8-24-29)17-23-7-6-15-25-18(27-30(15)17)26-16(31)10-33-5/h6-9H,10-13H2,1-3,5H3,(H,26,27,31). The smallest absolute Gasteiger partial charge is 0.410 e. The Morgan fingerprint density at radius 3 is 2.76 bits per heavy atom. The van der Waals surface area contributed by atoms with Gasteiger partial charge in [0.05, 0.1) is 24.8 Å². The molecule has 0 spiro atoms. The molecule has 34 heavy (non-hydrogen) atoms. The van der Waals surface area contributed by atoms with Gasteiger partial charge in [0.15, 0.2) is 17.0 Å². The van der Waals surface area contributed by atoms with Gasteiger partial charge in [-0.1, -0.05) is 0 Å². The van der Waals surface area contributed by atoms with Crippen molar-refractivity contribution in [3.8, 4) is 11.4 Å². The normalized spacial score (nSPS) is 15.0. The first-order valence-electron chi connectivity index (χ1n) is 10.5. The van der Waals surface area contributed by atoms with Gasteiger partial charge in [0.1, 0.15) is 12.2 Å². The van der Waals surface area contributed by atoms with Crippen LogP contribution in [0.1, 0.15) is 20.8 Å². The number of amides is 2. The highest BCUT2D eigenvalue weighted by molar-refractivity contribution is 5.90. The van der Waals surface area contributed by atoms with Gasteiger partial charge >= 0.3 is 6.09 Å². The lowest BCUT2D eigenvalue weighted by molar-refractivity contribution is -0.119. The Morgan fingerprint density at radius 2 is 2.09 bits per heavy atom. The molecule has 13 nitrogen and oxygen atoms in total. The molecular weight excluding hydrogens is 442 g/mol. The van der Waals surface area contributed by atoms with Crippen LogP contribution in [0.25, 0.3) is 21.9 Å². The molecule has 0 radical (unpaired) electrons. The number of fused-ring (bicyclic) bond motifs is 1. The molecule has 1 N–H and O–H groups in total. The van der Waals surface area contributed by atoms with Crippen molar-refractivity contribution in [1.82, 2.24) is 34.3 Å². The summed E-state index contributed by atoms with van der Waals surface area (Å²) in [5.41, 5.74) is -0.128. The minimum absolute atomic E-state index is 0.114. The van der Waals surface area contributed by atoms with Gasteiger partial charge in [-0.15, -0.1) is 5.10 Å². The van der Waals surface area contributed by atoms with Gasteiger partial charge in [-0.2, -0.15) is 14.6 Å². The lowest BCUT2D eigenvalue weighted by Crippen LogP contribution is -2.66. The first-order chi connectivity index (χ1) is 16.1. The van der Waals surface area contributed by atoms with Crippen LogP contribution >= 0.6 is 0 Å². The molecule has 4 rings (SSSR count). The average Bonchev–Trinajstić information content (AvgIpc) is 3.35. The van der Waals surface area contributed by atoms with Crippen molar-refractivity contribution in [1.29, 1.82) is 0 Å². The average molecular weight is 467 g/mol. The number of nitrogens with zero attached hydrogens (tertiary/aromatic N) is 8. The molecule has 0 bridgehead atoms. The lowest BCUT2D eigenvalue weighted by Gasteiger charge is -2.46. The van der Waals surface area contributed by atoms with Gasteiger partial charge in [-0.3, -0.25) is 14.8 Å². The first kappa shape index (κ1) is 23.1. The van der Waals surface area contributed by atoms with Crippen LogP contribution in [0.4, 0.5) is 10.7 Å². The molecular formula is C21H25N9O4. The van der Waals surface area contributed by atoms with Crippen LogP contribution in [0, 0.1) is 6.57 Å². The van der Waals surface area contributed by atoms with Gasteiger partial charge in [0.2, 0.25) is 12.5 Å². The molecule has 0 aliphatic carbocycles. The summed E-state index contributed by atoms with van der Waals surface area (Å²) in [4.78, 5) is 38.0. The minimum atomic E-state index is -0.660. The molecule has 0 atom stereocenters. The van der Waals surface area contributed by atoms with E-state index in [2.05, 4.69) is 30.3 Å². The summed E-state index contributed by atoms with van der Waals surface area (Å²) in [6.07, 6.45) is 4.55. The number of carbonyl (C=O) groups is 2. The molecule has 13 heteroatoms. The van der Waals surface area contributed by atoms with E-state index in [1.165, 1.54) is 11.6 Å². The molecule has 3 aromatic rings. The van der Waals surface area contributed by atoms with E-state index < -0.39 is 17.2 Å². The molecule has 0 saturated carbocycles. The Morgan fingerprint density at radius 1 is 1.32 bits per heavy atom. The quantitative estimate of drug-likeness (QED) is 0.539. The van der Waals surface area contributed by atoms with E-state index in [-0.39, 0.29) is 25.0 Å². The van der Waals surface area contributed by atoms with Crippen molar-refractivity contribution >= 4 is 23.6 Å². The van der Waals surface area contributed by atoms with Crippen molar-refractivity contribution < 1.29 is 19.1 Å². The minimum Gasteiger partial charge on any atom is -0.444 e. The summed E-state index contributed by atoms with van der Waals surface area (Å²) in [6, 6.07) is 1.66. The van der Waals surface area contributed by atoms with Crippen LogP contribution in [0.5, 0.6) is 0 Å². The number of ether oxygens (including phenoxy) is 2. The van der Waals surface area contributed by atoms with E-state index in [1.807, 2.05) is 20.8 Å². The van der Waals surface area contributed by atoms with Crippen molar-refractivity contribution in [3.63, 3.8) is 0 Å². The summed E-state index contributed by atoms with van der Waals surface area (Å²) in [7, 11) is 1.42. The monoisotopic (exact) mass is 467 g/mol. The zero-order chi connectivity index (χ0) is 24.5. The van der Waals surface area contributed by atoms with E-state index in [4.69, 9.17) is 16.0 Å². The largest absolute Gasteiger partial charge is 0.444 e. The van der Waals surface area contributed by atoms with Crippen molar-refractivity contribution in [2.24, 2.45) is 0 Å². The molecule has 178 valence electrons. The highest BCUT2D eigenvalue weighted by Gasteiger charge is 2.51. The maximum Gasteiger partial charge on any atom is 0.410 e. The number of hydrogen-bond donors (Lipinski definition) is 1. The van der Waals surface area contributed by atoms with Crippen LogP contribution in [0.15, 0.2) is 24.7 Å². The number of methoxy groups -OCH3 is 1. The number of anilines is 1. The van der Waals surface area contributed by atoms with Crippen LogP contribution < -0.4 is 5.32 Å². The van der Waals surface area contributed by atoms with Gasteiger partial charge < -0.3 is 19.2 Å². The van der Waals surface area contributed by atoms with Crippen molar-refractivity contribution in [2.75, 3.05) is 38.7 Å². The molecule has 1 saturated heterocycles. The number of aromatic nitrogens is 6. The van der Waals surface area contributed by atoms with Crippen molar-refractivity contribution in [2.45, 2.75) is 31.9 Å². The van der Waals surface area contributed by atoms with E-state index in [0.717, 1.165) is 0 Å². The van der Waals surface area contributed by atoms with Gasteiger partial charge in [-0.05, 0) is 20.8 Å². The van der Waals surface area contributed by atoms with Crippen LogP contribution in [0.2, 0.25) is 0 Å². The second kappa shape index (κ2) is 8.71. The number of carbonyl (C=O) groups excluding carboxylic acids is 2. The zero-order valence-electron chi connectivity index (χ0n) is 19.3. The molecule has 1 aliphatic rings. The lowest BCUT2D eigenvalue weighted by atomic mass is 9.90. The number of hydrogen-bond acceptors (Lipinski definition) is 8. The molecule has 1 fully saturated rings. The predicted molar refractivity (Wildman–Crippen MR) is 120 cm³/mol. The van der Waals surface area contributed by atoms with Gasteiger partial charge in [0.25, 0.3) is 5.91 Å². The Kier molecular flexibility index (Phi) is 5.92. The van der Waals surface area contributed by atoms with Crippen molar-refractivity contribution in [3.05, 3.63) is 36.1 Å². The molecule has 0 aromatic carbocycles. The summed E-state index contributed by atoms with van der Waals surface area (Å²) in [5.74, 6) is 0.214. The fraction of sp³-hybridized carbons (Fsp3) is 0.476. The summed E-state index contributed by atoms with van der Waals surface area (Å²) in [6.45, 7) is 13.5. The molecule has 2 amide bonds. The van der Waals surface area contributed by atoms with Crippen LogP contribution in [-0.2, 0) is 19.8 Å². The van der Waals surface area contributed by atoms with E-state index in [9.17, 15) is 9.59 Å². The topological polar surface area (TPSA) is 133 Å². The van der Waals surface area contributed by atoms with E-state index >= 15 is 0 Å². The Balaban J connectivity index is 1.58. The first-order valence-corrected chi connectivity index (χ1v) is 10.5. The third kappa shape index (κ3) is 4.53. The fourth-order valence-electron chi connectivity index (χ4n) is 3.64. The summed E-state index contributed by atoms with van der Waals surface area (Å²) in [5, 5.41) is 11.4. The van der Waals surface area contributed by atoms with Crippen LogP contribution in [-0.4, -0.2) is 85.2 Å². The van der Waals surface area contributed by atoms with Crippen LogP contribution in [0.3, 0.4) is 0 Å². The Labute approximate surface area is 195 Å². The van der Waals surface area contributed by atoms with Gasteiger partial charge in [0, 0.05) is 25.6 Å². The zero-order valence-corrected chi connectivity index (χ0v) is 19.3. The Bertz CT molecular complexity index is 1260. The second-order valence-corrected chi connectivity index (χ2v) is 9.01. The van der Waals surface area contributed by atoms with E-state index in [1.54, 1.807) is 34.2 Å². The van der Waals surface area contributed by atoms with Gasteiger partial charge in [-0.25, -0.2) is 16.4 Å². The molecule has 0 unspecified atom stereocenters. The summed E-state index contributed by atoms with van der Waals surface area (Å²) < 4.78 is 13.4. The maximum atomic E-state index is 12.4. The molecule has 3 aromatic heterocycles. The second-order valence-electron chi connectivity index (χ2n) is 9.01. The SMILES string of the molecule is [C-]#[N+]CC1(n2cc(-c3nccc4nc(NC(=O)COC)nn34)cn2)CN(C(=O)OC(C)(C)C)C1. The fourth-order valence-corrected chi connectivity index (χ4v) is 3.64. The van der Waals surface area contributed by atoms with E-state index in [0.29, 0.717) is 30.1 Å². The third-order valence-electron chi connectivity index (χ3n) is 5.10. The summed E-state index contributed by atoms with van der Waals surface area (Å²) >= 11 is 0. The highest BCUT2D eigenvalue weighted by Crippen LogP contribution is 2.32. The highest BCUT2D eigenvalue weighted by atomic mass is 16.6. The number of nitrogens with one attached hydrogen (secondary N) is 1. The predicted octanol–water partition coefficient (Wildman–Crippen LogP) is 1.44. The molecule has 4 heterocycles. The molecule has 1 aliphatic heterocycles.